The zero-order valence-corrected chi connectivity index (χ0v) is 8.83. The number of sulfone groups is 1. The van der Waals surface area contributed by atoms with Gasteiger partial charge in [-0.15, -0.1) is 0 Å². The summed E-state index contributed by atoms with van der Waals surface area (Å²) in [4.78, 5) is 0. The predicted molar refractivity (Wildman–Crippen MR) is 56.9 cm³/mol. The van der Waals surface area contributed by atoms with Crippen LogP contribution in [0, 0.1) is 0 Å². The lowest BCUT2D eigenvalue weighted by Gasteiger charge is -2.29. The van der Waals surface area contributed by atoms with E-state index in [1.54, 1.807) is 0 Å². The number of benzene rings is 1. The molecule has 0 amide bonds. The molecule has 0 bridgehead atoms. The van der Waals surface area contributed by atoms with Crippen molar-refractivity contribution in [3.63, 3.8) is 0 Å². The van der Waals surface area contributed by atoms with Gasteiger partial charge in [-0.2, -0.15) is 0 Å². The minimum atomic E-state index is -2.93. The Hall–Kier alpha value is -1.23. The molecule has 1 N–H and O–H groups in total. The molecule has 0 aromatic heterocycles. The van der Waals surface area contributed by atoms with Gasteiger partial charge < -0.3 is 10.1 Å². The van der Waals surface area contributed by atoms with E-state index in [1.165, 1.54) is 0 Å². The normalized spacial score (nSPS) is 30.9. The van der Waals surface area contributed by atoms with Gasteiger partial charge in [0.2, 0.25) is 0 Å². The number of anilines is 1. The van der Waals surface area contributed by atoms with Crippen LogP contribution in [0.2, 0.25) is 0 Å². The number of fused-ring (bicyclic) bond motifs is 2. The fourth-order valence-corrected chi connectivity index (χ4v) is 3.90. The average molecular weight is 225 g/mol. The van der Waals surface area contributed by atoms with Gasteiger partial charge in [-0.1, -0.05) is 12.1 Å². The molecule has 2 aliphatic rings. The molecule has 1 fully saturated rings. The van der Waals surface area contributed by atoms with Gasteiger partial charge in [0.15, 0.2) is 9.84 Å². The Balaban J connectivity index is 1.97. The topological polar surface area (TPSA) is 55.4 Å². The lowest BCUT2D eigenvalue weighted by molar-refractivity contribution is 0.206. The first kappa shape index (κ1) is 9.03. The van der Waals surface area contributed by atoms with Gasteiger partial charge in [-0.3, -0.25) is 0 Å². The van der Waals surface area contributed by atoms with Crippen molar-refractivity contribution < 1.29 is 13.2 Å². The second-order valence-electron chi connectivity index (χ2n) is 3.98. The van der Waals surface area contributed by atoms with E-state index in [1.807, 2.05) is 24.3 Å². The van der Waals surface area contributed by atoms with E-state index in [4.69, 9.17) is 4.74 Å². The Bertz CT molecular complexity index is 458. The van der Waals surface area contributed by atoms with Gasteiger partial charge >= 0.3 is 0 Å². The Labute approximate surface area is 88.2 Å². The van der Waals surface area contributed by atoms with Gasteiger partial charge in [-0.25, -0.2) is 8.42 Å². The standard InChI is InChI=1S/C10H11NO3S/c12-15(13)5-8-10(6-15)14-9-4-2-1-3-7(9)11-8/h1-4,8,10-11H,5-6H2. The van der Waals surface area contributed by atoms with Crippen LogP contribution in [0.1, 0.15) is 0 Å². The SMILES string of the molecule is O=S1(=O)CC2Nc3ccccc3OC2C1. The Morgan fingerprint density at radius 3 is 2.93 bits per heavy atom. The molecule has 4 nitrogen and oxygen atoms in total. The Morgan fingerprint density at radius 1 is 1.27 bits per heavy atom. The molecule has 2 unspecified atom stereocenters. The van der Waals surface area contributed by atoms with Crippen LogP contribution in [0.5, 0.6) is 5.75 Å². The van der Waals surface area contributed by atoms with Crippen molar-refractivity contribution in [2.45, 2.75) is 12.1 Å². The second-order valence-corrected chi connectivity index (χ2v) is 6.13. The van der Waals surface area contributed by atoms with Gasteiger partial charge in [0.25, 0.3) is 0 Å². The average Bonchev–Trinajstić information content (AvgIpc) is 2.46. The number of para-hydroxylation sites is 2. The summed E-state index contributed by atoms with van der Waals surface area (Å²) in [7, 11) is -2.93. The van der Waals surface area contributed by atoms with Crippen LogP contribution < -0.4 is 10.1 Å². The number of hydrogen-bond acceptors (Lipinski definition) is 4. The summed E-state index contributed by atoms with van der Waals surface area (Å²) >= 11 is 0. The maximum atomic E-state index is 11.4. The summed E-state index contributed by atoms with van der Waals surface area (Å²) in [6.45, 7) is 0. The van der Waals surface area contributed by atoms with Crippen molar-refractivity contribution in [2.75, 3.05) is 16.8 Å². The van der Waals surface area contributed by atoms with Crippen molar-refractivity contribution in [1.82, 2.24) is 0 Å². The van der Waals surface area contributed by atoms with E-state index < -0.39 is 9.84 Å². The van der Waals surface area contributed by atoms with E-state index in [-0.39, 0.29) is 23.7 Å². The molecule has 5 heteroatoms. The predicted octanol–water partition coefficient (Wildman–Crippen LogP) is 0.657. The lowest BCUT2D eigenvalue weighted by Crippen LogP contribution is -2.39. The van der Waals surface area contributed by atoms with Crippen LogP contribution in [-0.2, 0) is 9.84 Å². The molecule has 3 rings (SSSR count). The summed E-state index contributed by atoms with van der Waals surface area (Å²) in [5.41, 5.74) is 0.885. The van der Waals surface area contributed by atoms with Gasteiger partial charge in [0.1, 0.15) is 11.9 Å². The highest BCUT2D eigenvalue weighted by molar-refractivity contribution is 7.91. The van der Waals surface area contributed by atoms with Crippen LogP contribution in [-0.4, -0.2) is 32.1 Å². The van der Waals surface area contributed by atoms with E-state index in [0.29, 0.717) is 0 Å². The molecular weight excluding hydrogens is 214 g/mol. The first-order valence-corrected chi connectivity index (χ1v) is 6.69. The maximum Gasteiger partial charge on any atom is 0.156 e. The first-order valence-electron chi connectivity index (χ1n) is 4.87. The number of rotatable bonds is 0. The van der Waals surface area contributed by atoms with E-state index in [9.17, 15) is 8.42 Å². The maximum absolute atomic E-state index is 11.4. The summed E-state index contributed by atoms with van der Waals surface area (Å²) in [5, 5.41) is 3.21. The molecule has 0 saturated carbocycles. The van der Waals surface area contributed by atoms with E-state index >= 15 is 0 Å². The summed E-state index contributed by atoms with van der Waals surface area (Å²) in [5.74, 6) is 1.04. The molecule has 1 saturated heterocycles. The Morgan fingerprint density at radius 2 is 2.07 bits per heavy atom. The van der Waals surface area contributed by atoms with Crippen LogP contribution in [0.25, 0.3) is 0 Å². The van der Waals surface area contributed by atoms with Crippen molar-refractivity contribution >= 4 is 15.5 Å². The van der Waals surface area contributed by atoms with Crippen molar-refractivity contribution in [3.8, 4) is 5.75 Å². The largest absolute Gasteiger partial charge is 0.485 e. The van der Waals surface area contributed by atoms with Crippen LogP contribution in [0.15, 0.2) is 24.3 Å². The third kappa shape index (κ3) is 1.47. The minimum Gasteiger partial charge on any atom is -0.485 e. The quantitative estimate of drug-likeness (QED) is 0.704. The molecule has 2 aliphatic heterocycles. The van der Waals surface area contributed by atoms with E-state index in [2.05, 4.69) is 5.32 Å². The van der Waals surface area contributed by atoms with Gasteiger partial charge in [0.05, 0.1) is 23.2 Å². The van der Waals surface area contributed by atoms with Crippen LogP contribution >= 0.6 is 0 Å². The fraction of sp³-hybridized carbons (Fsp3) is 0.400. The number of ether oxygens (including phenoxy) is 1. The molecule has 2 atom stereocenters. The van der Waals surface area contributed by atoms with Gasteiger partial charge in [-0.05, 0) is 12.1 Å². The molecule has 0 radical (unpaired) electrons. The molecule has 0 spiro atoms. The molecule has 1 aromatic rings. The lowest BCUT2D eigenvalue weighted by atomic mass is 10.1. The molecule has 1 aromatic carbocycles. The third-order valence-electron chi connectivity index (χ3n) is 2.81. The van der Waals surface area contributed by atoms with Crippen molar-refractivity contribution in [3.05, 3.63) is 24.3 Å². The van der Waals surface area contributed by atoms with E-state index in [0.717, 1.165) is 11.4 Å². The zero-order chi connectivity index (χ0) is 10.5. The highest BCUT2D eigenvalue weighted by Crippen LogP contribution is 2.34. The zero-order valence-electron chi connectivity index (χ0n) is 8.01. The second kappa shape index (κ2) is 2.88. The van der Waals surface area contributed by atoms with Crippen molar-refractivity contribution in [1.29, 1.82) is 0 Å². The fourth-order valence-electron chi connectivity index (χ4n) is 2.12. The molecule has 2 heterocycles. The summed E-state index contributed by atoms with van der Waals surface area (Å²) in [6, 6.07) is 7.44. The molecule has 80 valence electrons. The minimum absolute atomic E-state index is 0.0927. The number of nitrogens with one attached hydrogen (secondary N) is 1. The summed E-state index contributed by atoms with van der Waals surface area (Å²) < 4.78 is 28.5. The smallest absolute Gasteiger partial charge is 0.156 e. The molecule has 15 heavy (non-hydrogen) atoms. The highest BCUT2D eigenvalue weighted by Gasteiger charge is 2.42. The van der Waals surface area contributed by atoms with Gasteiger partial charge in [0, 0.05) is 0 Å². The summed E-state index contributed by atoms with van der Waals surface area (Å²) in [6.07, 6.45) is -0.232. The first-order chi connectivity index (χ1) is 7.14. The van der Waals surface area contributed by atoms with Crippen LogP contribution in [0.4, 0.5) is 5.69 Å². The van der Waals surface area contributed by atoms with Crippen molar-refractivity contribution in [2.24, 2.45) is 0 Å². The monoisotopic (exact) mass is 225 g/mol. The molecule has 0 aliphatic carbocycles. The Kier molecular flexibility index (Phi) is 1.74. The highest BCUT2D eigenvalue weighted by atomic mass is 32.2. The van der Waals surface area contributed by atoms with Crippen LogP contribution in [0.3, 0.4) is 0 Å². The molecular formula is C10H11NO3S. The number of hydrogen-bond donors (Lipinski definition) is 1. The third-order valence-corrected chi connectivity index (χ3v) is 4.51.